The predicted molar refractivity (Wildman–Crippen MR) is 147 cm³/mol. The van der Waals surface area contributed by atoms with E-state index in [2.05, 4.69) is 20.5 Å². The number of nitrogens with one attached hydrogen (secondary N) is 1. The Morgan fingerprint density at radius 3 is 2.47 bits per heavy atom. The van der Waals surface area contributed by atoms with E-state index in [1.807, 2.05) is 56.3 Å². The molecule has 0 radical (unpaired) electrons. The van der Waals surface area contributed by atoms with Gasteiger partial charge in [0, 0.05) is 25.1 Å². The van der Waals surface area contributed by atoms with E-state index in [1.54, 1.807) is 32.2 Å². The molecule has 1 aromatic carbocycles. The molecule has 202 valence electrons. The number of benzene rings is 1. The zero-order valence-electron chi connectivity index (χ0n) is 22.2. The van der Waals surface area contributed by atoms with Gasteiger partial charge in [-0.25, -0.2) is 13.4 Å². The van der Waals surface area contributed by atoms with Crippen LogP contribution in [0.1, 0.15) is 44.9 Å². The molecule has 0 aliphatic carbocycles. The van der Waals surface area contributed by atoms with Crippen LogP contribution in [0.3, 0.4) is 0 Å². The highest BCUT2D eigenvalue weighted by Gasteiger charge is 2.30. The van der Waals surface area contributed by atoms with Gasteiger partial charge in [-0.05, 0) is 63.9 Å². The molecule has 1 unspecified atom stereocenters. The van der Waals surface area contributed by atoms with Crippen molar-refractivity contribution in [3.63, 3.8) is 0 Å². The third-order valence-electron chi connectivity index (χ3n) is 6.17. The molecule has 3 N–H and O–H groups in total. The zero-order chi connectivity index (χ0) is 27.5. The third kappa shape index (κ3) is 6.22. The minimum Gasteiger partial charge on any atom is -0.469 e. The van der Waals surface area contributed by atoms with Crippen molar-refractivity contribution >= 4 is 21.7 Å². The number of pyridine rings is 1. The Hall–Kier alpha value is -3.70. The second-order valence-electron chi connectivity index (χ2n) is 9.98. The molecule has 4 rings (SSSR count). The highest BCUT2D eigenvalue weighted by Crippen LogP contribution is 2.30. The largest absolute Gasteiger partial charge is 0.469 e. The molecule has 0 saturated carbocycles. The first-order valence-electron chi connectivity index (χ1n) is 12.4. The molecule has 0 fully saturated rings. The molecule has 11 heteroatoms. The second kappa shape index (κ2) is 11.0. The smallest absolute Gasteiger partial charge is 0.248 e. The lowest BCUT2D eigenvalue weighted by Crippen LogP contribution is -2.35. The van der Waals surface area contributed by atoms with E-state index in [-0.39, 0.29) is 23.6 Å². The predicted octanol–water partition coefficient (Wildman–Crippen LogP) is 4.36. The Labute approximate surface area is 223 Å². The maximum atomic E-state index is 12.9. The molecule has 3 aromatic heterocycles. The topological polar surface area (TPSA) is 140 Å². The van der Waals surface area contributed by atoms with Gasteiger partial charge in [-0.1, -0.05) is 30.3 Å². The van der Waals surface area contributed by atoms with Gasteiger partial charge in [-0.3, -0.25) is 4.31 Å². The molecule has 0 amide bonds. The van der Waals surface area contributed by atoms with Crippen LogP contribution in [0.2, 0.25) is 0 Å². The van der Waals surface area contributed by atoms with Crippen molar-refractivity contribution in [2.24, 2.45) is 5.73 Å². The molecular formula is C27H34N6O4S. The summed E-state index contributed by atoms with van der Waals surface area (Å²) < 4.78 is 38.5. The number of hydrogen-bond acceptors (Lipinski definition) is 9. The monoisotopic (exact) mass is 538 g/mol. The number of sulfonamides is 1. The lowest BCUT2D eigenvalue weighted by atomic mass is 9.94. The minimum atomic E-state index is -3.63. The average Bonchev–Trinajstić information content (AvgIpc) is 3.56. The number of nitrogens with two attached hydrogens (primary N) is 1. The van der Waals surface area contributed by atoms with Crippen LogP contribution in [-0.4, -0.2) is 41.9 Å². The SMILES string of the molecule is CC(Cc1ccco1)Nc1cc(-c2nnc([C@](C)(N)Cc3ccccc3)o2)cc(N(C)S(=O)(=O)C(C)C)n1. The normalized spacial score (nSPS) is 14.3. The van der Waals surface area contributed by atoms with Crippen molar-refractivity contribution < 1.29 is 17.3 Å². The van der Waals surface area contributed by atoms with Gasteiger partial charge in [0.15, 0.2) is 0 Å². The quantitative estimate of drug-likeness (QED) is 0.285. The molecule has 0 saturated heterocycles. The van der Waals surface area contributed by atoms with Crippen molar-refractivity contribution in [2.45, 2.75) is 57.4 Å². The van der Waals surface area contributed by atoms with Crippen LogP contribution in [0.4, 0.5) is 11.6 Å². The van der Waals surface area contributed by atoms with Gasteiger partial charge in [-0.15, -0.1) is 10.2 Å². The first kappa shape index (κ1) is 27.3. The van der Waals surface area contributed by atoms with Crippen molar-refractivity contribution in [1.29, 1.82) is 0 Å². The Morgan fingerprint density at radius 1 is 1.08 bits per heavy atom. The van der Waals surface area contributed by atoms with Crippen molar-refractivity contribution in [2.75, 3.05) is 16.7 Å². The minimum absolute atomic E-state index is 0.0554. The van der Waals surface area contributed by atoms with E-state index in [4.69, 9.17) is 14.6 Å². The number of aromatic nitrogens is 3. The van der Waals surface area contributed by atoms with Gasteiger partial charge in [0.1, 0.15) is 17.4 Å². The summed E-state index contributed by atoms with van der Waals surface area (Å²) in [4.78, 5) is 4.58. The molecule has 0 bridgehead atoms. The summed E-state index contributed by atoms with van der Waals surface area (Å²) in [6.07, 6.45) is 2.74. The highest BCUT2D eigenvalue weighted by atomic mass is 32.2. The van der Waals surface area contributed by atoms with Gasteiger partial charge in [0.05, 0.1) is 17.1 Å². The lowest BCUT2D eigenvalue weighted by molar-refractivity contribution is 0.355. The average molecular weight is 539 g/mol. The van der Waals surface area contributed by atoms with Crippen molar-refractivity contribution in [3.05, 3.63) is 78.1 Å². The van der Waals surface area contributed by atoms with Gasteiger partial charge in [0.2, 0.25) is 21.8 Å². The summed E-state index contributed by atoms with van der Waals surface area (Å²) in [6.45, 7) is 7.07. The summed E-state index contributed by atoms with van der Waals surface area (Å²) in [5.74, 6) is 2.00. The van der Waals surface area contributed by atoms with E-state index < -0.39 is 20.8 Å². The first-order chi connectivity index (χ1) is 18.0. The molecule has 0 aliphatic rings. The van der Waals surface area contributed by atoms with E-state index in [0.717, 1.165) is 11.3 Å². The van der Waals surface area contributed by atoms with Crippen LogP contribution in [0.25, 0.3) is 11.5 Å². The molecule has 4 aromatic rings. The van der Waals surface area contributed by atoms with Crippen LogP contribution in [0, 0.1) is 0 Å². The number of nitrogens with zero attached hydrogens (tertiary/aromatic N) is 4. The molecule has 2 atom stereocenters. The Kier molecular flexibility index (Phi) is 7.89. The first-order valence-corrected chi connectivity index (χ1v) is 13.9. The fourth-order valence-corrected chi connectivity index (χ4v) is 5.01. The summed E-state index contributed by atoms with van der Waals surface area (Å²) in [5, 5.41) is 11.2. The van der Waals surface area contributed by atoms with E-state index in [1.165, 1.54) is 11.4 Å². The number of furan rings is 1. The van der Waals surface area contributed by atoms with Crippen LogP contribution >= 0.6 is 0 Å². The van der Waals surface area contributed by atoms with Crippen molar-refractivity contribution in [1.82, 2.24) is 15.2 Å². The second-order valence-corrected chi connectivity index (χ2v) is 12.5. The van der Waals surface area contributed by atoms with Gasteiger partial charge in [-0.2, -0.15) is 0 Å². The van der Waals surface area contributed by atoms with Gasteiger partial charge in [0.25, 0.3) is 0 Å². The fourth-order valence-electron chi connectivity index (χ4n) is 4.02. The highest BCUT2D eigenvalue weighted by molar-refractivity contribution is 7.93. The maximum absolute atomic E-state index is 12.9. The number of rotatable bonds is 11. The van der Waals surface area contributed by atoms with E-state index in [9.17, 15) is 8.42 Å². The molecule has 10 nitrogen and oxygen atoms in total. The van der Waals surface area contributed by atoms with Crippen LogP contribution in [-0.2, 0) is 28.4 Å². The fraction of sp³-hybridized carbons (Fsp3) is 0.370. The van der Waals surface area contributed by atoms with Gasteiger partial charge >= 0.3 is 0 Å². The summed E-state index contributed by atoms with van der Waals surface area (Å²) in [5.41, 5.74) is 7.23. The van der Waals surface area contributed by atoms with Crippen LogP contribution < -0.4 is 15.4 Å². The lowest BCUT2D eigenvalue weighted by Gasteiger charge is -2.23. The van der Waals surface area contributed by atoms with Crippen LogP contribution in [0.5, 0.6) is 0 Å². The summed E-state index contributed by atoms with van der Waals surface area (Å²) in [6, 6.07) is 16.9. The molecule has 0 spiro atoms. The zero-order valence-corrected chi connectivity index (χ0v) is 23.1. The van der Waals surface area contributed by atoms with E-state index in [0.29, 0.717) is 24.2 Å². The molecular weight excluding hydrogens is 504 g/mol. The number of hydrogen-bond donors (Lipinski definition) is 2. The Bertz CT molecular complexity index is 1450. The Morgan fingerprint density at radius 2 is 1.82 bits per heavy atom. The van der Waals surface area contributed by atoms with Crippen molar-refractivity contribution in [3.8, 4) is 11.5 Å². The summed E-state index contributed by atoms with van der Waals surface area (Å²) >= 11 is 0. The summed E-state index contributed by atoms with van der Waals surface area (Å²) in [7, 11) is -2.15. The molecule has 38 heavy (non-hydrogen) atoms. The van der Waals surface area contributed by atoms with Crippen LogP contribution in [0.15, 0.2) is 69.7 Å². The Balaban J connectivity index is 1.67. The molecule has 0 aliphatic heterocycles. The van der Waals surface area contributed by atoms with E-state index >= 15 is 0 Å². The number of anilines is 2. The standard InChI is InChI=1S/C27H34N6O4S/c1-18(2)38(34,35)33(5)24-16-21(15-23(30-24)29-19(3)14-22-12-9-13-36-22)25-31-32-26(37-25)27(4,28)17-20-10-7-6-8-11-20/h6-13,15-16,18-19H,14,17,28H2,1-5H3,(H,29,30)/t19?,27-/m1/s1. The van der Waals surface area contributed by atoms with Gasteiger partial charge < -0.3 is 19.9 Å². The third-order valence-corrected chi connectivity index (χ3v) is 8.31. The molecule has 3 heterocycles. The maximum Gasteiger partial charge on any atom is 0.248 e.